The molecule has 1 aromatic carbocycles. The number of amides is 2. The highest BCUT2D eigenvalue weighted by Crippen LogP contribution is 2.32. The molecule has 1 aliphatic rings. The normalized spacial score (nSPS) is 15.7. The number of ether oxygens (including phenoxy) is 2. The van der Waals surface area contributed by atoms with E-state index in [0.717, 1.165) is 4.90 Å². The van der Waals surface area contributed by atoms with Gasteiger partial charge >= 0.3 is 0 Å². The van der Waals surface area contributed by atoms with Crippen molar-refractivity contribution in [3.8, 4) is 17.6 Å². The predicted octanol–water partition coefficient (Wildman–Crippen LogP) is 3.90. The Morgan fingerprint density at radius 1 is 1.21 bits per heavy atom. The Balaban J connectivity index is 2.52. The van der Waals surface area contributed by atoms with Crippen LogP contribution in [0.5, 0.6) is 11.5 Å². The van der Waals surface area contributed by atoms with E-state index >= 15 is 0 Å². The smallest absolute Gasteiger partial charge is 0.271 e. The summed E-state index contributed by atoms with van der Waals surface area (Å²) in [5.74, 6) is 0.275. The lowest BCUT2D eigenvalue weighted by Crippen LogP contribution is -2.44. The molecule has 6 heteroatoms. The summed E-state index contributed by atoms with van der Waals surface area (Å²) in [4.78, 5) is 26.7. The standard InChI is InChI=1S/C23H26N2O4/c1-6-10-29-20-9-8-17(12-21(20)28-7-2)11-18-16(5)19(13-24)23(27)25(22(18)26)14-15(3)4/h6,8-9,11-12,15H,1,7,10,14H2,2-5H3/b18-11+. The van der Waals surface area contributed by atoms with Crippen LogP contribution in [0.3, 0.4) is 0 Å². The highest BCUT2D eigenvalue weighted by molar-refractivity contribution is 6.19. The van der Waals surface area contributed by atoms with Gasteiger partial charge in [0.2, 0.25) is 0 Å². The molecule has 0 saturated heterocycles. The van der Waals surface area contributed by atoms with Crippen LogP contribution < -0.4 is 9.47 Å². The topological polar surface area (TPSA) is 79.6 Å². The lowest BCUT2D eigenvalue weighted by atomic mass is 9.93. The molecule has 0 fully saturated rings. The molecule has 1 aliphatic heterocycles. The predicted molar refractivity (Wildman–Crippen MR) is 111 cm³/mol. The van der Waals surface area contributed by atoms with Crippen LogP contribution in [0.2, 0.25) is 0 Å². The van der Waals surface area contributed by atoms with Crippen molar-refractivity contribution >= 4 is 17.9 Å². The van der Waals surface area contributed by atoms with Crippen molar-refractivity contribution < 1.29 is 19.1 Å². The van der Waals surface area contributed by atoms with Crippen LogP contribution in [0.25, 0.3) is 6.08 Å². The molecule has 0 N–H and O–H groups in total. The van der Waals surface area contributed by atoms with Crippen LogP contribution in [-0.2, 0) is 9.59 Å². The van der Waals surface area contributed by atoms with Gasteiger partial charge in [-0.1, -0.05) is 32.6 Å². The molecule has 0 bridgehead atoms. The van der Waals surface area contributed by atoms with Gasteiger partial charge in [-0.05, 0) is 49.1 Å². The summed E-state index contributed by atoms with van der Waals surface area (Å²) in [6.07, 6.45) is 3.32. The van der Waals surface area contributed by atoms with Gasteiger partial charge in [0.25, 0.3) is 11.8 Å². The molecule has 1 heterocycles. The quantitative estimate of drug-likeness (QED) is 0.380. The van der Waals surface area contributed by atoms with E-state index in [4.69, 9.17) is 9.47 Å². The molecule has 2 rings (SSSR count). The lowest BCUT2D eigenvalue weighted by Gasteiger charge is -2.28. The minimum Gasteiger partial charge on any atom is -0.490 e. The van der Waals surface area contributed by atoms with Crippen molar-refractivity contribution in [3.05, 3.63) is 53.1 Å². The molecule has 1 aromatic rings. The summed E-state index contributed by atoms with van der Waals surface area (Å²) in [5.41, 5.74) is 1.40. The highest BCUT2D eigenvalue weighted by Gasteiger charge is 2.35. The summed E-state index contributed by atoms with van der Waals surface area (Å²) in [5, 5.41) is 9.45. The van der Waals surface area contributed by atoms with E-state index in [1.807, 2.05) is 26.8 Å². The maximum absolute atomic E-state index is 13.0. The fraction of sp³-hybridized carbons (Fsp3) is 0.348. The van der Waals surface area contributed by atoms with Crippen molar-refractivity contribution in [2.45, 2.75) is 27.7 Å². The Hall–Kier alpha value is -3.33. The zero-order chi connectivity index (χ0) is 21.6. The maximum atomic E-state index is 13.0. The molecule has 0 saturated carbocycles. The molecule has 29 heavy (non-hydrogen) atoms. The van der Waals surface area contributed by atoms with E-state index in [0.29, 0.717) is 41.4 Å². The van der Waals surface area contributed by atoms with Crippen LogP contribution >= 0.6 is 0 Å². The van der Waals surface area contributed by atoms with Gasteiger partial charge in [0.15, 0.2) is 11.5 Å². The highest BCUT2D eigenvalue weighted by atomic mass is 16.5. The third kappa shape index (κ3) is 4.94. The Labute approximate surface area is 171 Å². The molecule has 0 spiro atoms. The largest absolute Gasteiger partial charge is 0.490 e. The summed E-state index contributed by atoms with van der Waals surface area (Å²) < 4.78 is 11.2. The van der Waals surface area contributed by atoms with Gasteiger partial charge < -0.3 is 9.47 Å². The monoisotopic (exact) mass is 394 g/mol. The van der Waals surface area contributed by atoms with E-state index < -0.39 is 11.8 Å². The average molecular weight is 394 g/mol. The van der Waals surface area contributed by atoms with E-state index in [-0.39, 0.29) is 18.0 Å². The minimum atomic E-state index is -0.538. The number of hydrogen-bond donors (Lipinski definition) is 0. The number of hydrogen-bond acceptors (Lipinski definition) is 5. The Morgan fingerprint density at radius 3 is 2.52 bits per heavy atom. The molecular weight excluding hydrogens is 368 g/mol. The van der Waals surface area contributed by atoms with Crippen LogP contribution in [0.4, 0.5) is 0 Å². The molecule has 0 unspecified atom stereocenters. The second-order valence-corrected chi connectivity index (χ2v) is 7.02. The van der Waals surface area contributed by atoms with Gasteiger partial charge in [-0.15, -0.1) is 0 Å². The van der Waals surface area contributed by atoms with Crippen molar-refractivity contribution in [2.75, 3.05) is 19.8 Å². The molecule has 2 amide bonds. The first-order valence-corrected chi connectivity index (χ1v) is 9.53. The third-order valence-electron chi connectivity index (χ3n) is 4.31. The van der Waals surface area contributed by atoms with E-state index in [1.165, 1.54) is 0 Å². The first kappa shape index (κ1) is 22.0. The van der Waals surface area contributed by atoms with Gasteiger partial charge in [-0.2, -0.15) is 5.26 Å². The summed E-state index contributed by atoms with van der Waals surface area (Å²) >= 11 is 0. The molecule has 6 nitrogen and oxygen atoms in total. The van der Waals surface area contributed by atoms with E-state index in [1.54, 1.807) is 37.3 Å². The molecular formula is C23H26N2O4. The number of carbonyl (C=O) groups excluding carboxylic acids is 2. The fourth-order valence-corrected chi connectivity index (χ4v) is 2.98. The zero-order valence-electron chi connectivity index (χ0n) is 17.3. The van der Waals surface area contributed by atoms with Crippen LogP contribution in [0.15, 0.2) is 47.6 Å². The minimum absolute atomic E-state index is 0.00697. The first-order valence-electron chi connectivity index (χ1n) is 9.53. The number of nitriles is 1. The maximum Gasteiger partial charge on any atom is 0.271 e. The second kappa shape index (κ2) is 9.74. The number of rotatable bonds is 8. The summed E-state index contributed by atoms with van der Waals surface area (Å²) in [7, 11) is 0. The van der Waals surface area contributed by atoms with E-state index in [2.05, 4.69) is 6.58 Å². The van der Waals surface area contributed by atoms with Crippen LogP contribution in [-0.4, -0.2) is 36.5 Å². The third-order valence-corrected chi connectivity index (χ3v) is 4.31. The van der Waals surface area contributed by atoms with Crippen molar-refractivity contribution in [1.29, 1.82) is 5.26 Å². The number of carbonyl (C=O) groups is 2. The summed E-state index contributed by atoms with van der Waals surface area (Å²) in [6, 6.07) is 7.27. The van der Waals surface area contributed by atoms with Crippen molar-refractivity contribution in [2.24, 2.45) is 5.92 Å². The van der Waals surface area contributed by atoms with Gasteiger partial charge in [-0.25, -0.2) is 0 Å². The molecule has 152 valence electrons. The number of nitrogens with zero attached hydrogens (tertiary/aromatic N) is 2. The van der Waals surface area contributed by atoms with Crippen LogP contribution in [0.1, 0.15) is 33.3 Å². The van der Waals surface area contributed by atoms with Crippen LogP contribution in [0, 0.1) is 17.2 Å². The molecule has 0 radical (unpaired) electrons. The second-order valence-electron chi connectivity index (χ2n) is 7.02. The van der Waals surface area contributed by atoms with Crippen molar-refractivity contribution in [1.82, 2.24) is 4.90 Å². The Morgan fingerprint density at radius 2 is 1.93 bits per heavy atom. The fourth-order valence-electron chi connectivity index (χ4n) is 2.98. The number of imide groups is 1. The SMILES string of the molecule is C=CCOc1ccc(/C=C2/C(=O)N(CC(C)C)C(=O)C(C#N)=C2C)cc1OCC. The first-order chi connectivity index (χ1) is 13.8. The van der Waals surface area contributed by atoms with Gasteiger partial charge in [0.05, 0.1) is 6.61 Å². The lowest BCUT2D eigenvalue weighted by molar-refractivity contribution is -0.141. The number of benzene rings is 1. The molecule has 0 aromatic heterocycles. The summed E-state index contributed by atoms with van der Waals surface area (Å²) in [6.45, 7) is 12.0. The van der Waals surface area contributed by atoms with Gasteiger partial charge in [0.1, 0.15) is 18.2 Å². The average Bonchev–Trinajstić information content (AvgIpc) is 2.68. The Kier molecular flexibility index (Phi) is 7.38. The molecule has 0 aliphatic carbocycles. The van der Waals surface area contributed by atoms with Crippen molar-refractivity contribution in [3.63, 3.8) is 0 Å². The Bertz CT molecular complexity index is 919. The van der Waals surface area contributed by atoms with Gasteiger partial charge in [-0.3, -0.25) is 14.5 Å². The van der Waals surface area contributed by atoms with E-state index in [9.17, 15) is 14.9 Å². The van der Waals surface area contributed by atoms with Gasteiger partial charge in [0, 0.05) is 12.1 Å². The zero-order valence-corrected chi connectivity index (χ0v) is 17.3. The molecule has 0 atom stereocenters.